The number of hydrogen-bond donors (Lipinski definition) is 0. The van der Waals surface area contributed by atoms with Crippen LogP contribution in [0.5, 0.6) is 23.0 Å². The van der Waals surface area contributed by atoms with E-state index in [0.29, 0.717) is 32.8 Å². The van der Waals surface area contributed by atoms with Gasteiger partial charge in [-0.3, -0.25) is 0 Å². The molecule has 0 spiro atoms. The predicted molar refractivity (Wildman–Crippen MR) is 203 cm³/mol. The van der Waals surface area contributed by atoms with Gasteiger partial charge in [-0.05, 0) is 72.2 Å². The van der Waals surface area contributed by atoms with Crippen LogP contribution in [0.3, 0.4) is 0 Å². The third-order valence-corrected chi connectivity index (χ3v) is 8.83. The molecule has 0 N–H and O–H groups in total. The number of benzene rings is 6. The molecule has 0 unspecified atom stereocenters. The molecule has 0 amide bonds. The van der Waals surface area contributed by atoms with E-state index in [1.54, 1.807) is 0 Å². The molecule has 0 heterocycles. The molecule has 0 atom stereocenters. The molecule has 0 aliphatic heterocycles. The van der Waals surface area contributed by atoms with Crippen molar-refractivity contribution in [3.63, 3.8) is 0 Å². The molecule has 0 saturated carbocycles. The molecule has 0 fully saturated rings. The summed E-state index contributed by atoms with van der Waals surface area (Å²) < 4.78 is 25.7. The fourth-order valence-corrected chi connectivity index (χ4v) is 5.89. The second-order valence-corrected chi connectivity index (χ2v) is 12.4. The van der Waals surface area contributed by atoms with E-state index >= 15 is 0 Å². The van der Waals surface area contributed by atoms with E-state index in [1.165, 1.54) is 0 Å². The van der Waals surface area contributed by atoms with Crippen LogP contribution < -0.4 is 18.9 Å². The maximum absolute atomic E-state index is 6.58. The monoisotopic (exact) mass is 660 g/mol. The van der Waals surface area contributed by atoms with Crippen molar-refractivity contribution < 1.29 is 18.9 Å². The highest BCUT2D eigenvalue weighted by atomic mass is 16.5. The van der Waals surface area contributed by atoms with Gasteiger partial charge in [0.15, 0.2) is 0 Å². The van der Waals surface area contributed by atoms with Crippen LogP contribution >= 0.6 is 0 Å². The third-order valence-electron chi connectivity index (χ3n) is 8.83. The Morgan fingerprint density at radius 2 is 0.880 bits per heavy atom. The Morgan fingerprint density at radius 1 is 0.440 bits per heavy atom. The summed E-state index contributed by atoms with van der Waals surface area (Å²) in [5, 5.41) is 0. The van der Waals surface area contributed by atoms with E-state index in [2.05, 4.69) is 87.5 Å². The van der Waals surface area contributed by atoms with Crippen molar-refractivity contribution in [1.82, 2.24) is 0 Å². The lowest BCUT2D eigenvalue weighted by Gasteiger charge is -2.21. The summed E-state index contributed by atoms with van der Waals surface area (Å²) in [6.07, 6.45) is 5.01. The molecular formula is C46H44O4. The van der Waals surface area contributed by atoms with Crippen LogP contribution in [-0.2, 0) is 32.8 Å². The molecule has 4 heteroatoms. The Balaban J connectivity index is 1.28. The lowest BCUT2D eigenvalue weighted by molar-refractivity contribution is 0.288. The summed E-state index contributed by atoms with van der Waals surface area (Å²) >= 11 is 0. The van der Waals surface area contributed by atoms with Crippen LogP contribution in [0, 0.1) is 20.8 Å². The molecule has 0 aliphatic carbocycles. The van der Waals surface area contributed by atoms with Crippen molar-refractivity contribution in [1.29, 1.82) is 0 Å². The molecule has 50 heavy (non-hydrogen) atoms. The Morgan fingerprint density at radius 3 is 1.40 bits per heavy atom. The van der Waals surface area contributed by atoms with Crippen molar-refractivity contribution in [3.05, 3.63) is 196 Å². The molecule has 0 aromatic heterocycles. The largest absolute Gasteiger partial charge is 0.489 e. The fraction of sp³-hybridized carbons (Fsp3) is 0.174. The van der Waals surface area contributed by atoms with Crippen LogP contribution in [0.25, 0.3) is 6.08 Å². The van der Waals surface area contributed by atoms with Gasteiger partial charge in [-0.15, -0.1) is 0 Å². The zero-order valence-corrected chi connectivity index (χ0v) is 29.1. The minimum absolute atomic E-state index is 0.468. The van der Waals surface area contributed by atoms with Gasteiger partial charge in [0.05, 0.1) is 0 Å². The Hall–Kier alpha value is -5.74. The first kappa shape index (κ1) is 34.1. The predicted octanol–water partition coefficient (Wildman–Crippen LogP) is 11.2. The molecule has 4 nitrogen and oxygen atoms in total. The van der Waals surface area contributed by atoms with Crippen molar-refractivity contribution in [2.45, 2.75) is 53.6 Å². The Bertz CT molecular complexity index is 1990. The molecule has 252 valence electrons. The van der Waals surface area contributed by atoms with Crippen LogP contribution in [0.1, 0.15) is 50.1 Å². The molecular weight excluding hydrogens is 617 g/mol. The minimum Gasteiger partial charge on any atom is -0.489 e. The van der Waals surface area contributed by atoms with Gasteiger partial charge in [0, 0.05) is 17.2 Å². The SMILES string of the molecule is Cc1c(C)c(OCc2ccccc2)c(/C=C/Cc2ccc(OCc3ccccc3)cc2OCc2ccccc2)c(C)c1OCc1ccccc1. The maximum Gasteiger partial charge on any atom is 0.130 e. The smallest absolute Gasteiger partial charge is 0.130 e. The third kappa shape index (κ3) is 9.03. The maximum atomic E-state index is 6.58. The fourth-order valence-electron chi connectivity index (χ4n) is 5.89. The molecule has 0 saturated heterocycles. The first-order valence-corrected chi connectivity index (χ1v) is 17.1. The first-order valence-electron chi connectivity index (χ1n) is 17.1. The van der Waals surface area contributed by atoms with E-state index in [4.69, 9.17) is 18.9 Å². The van der Waals surface area contributed by atoms with Crippen molar-refractivity contribution >= 4 is 6.08 Å². The van der Waals surface area contributed by atoms with E-state index in [0.717, 1.165) is 73.1 Å². The van der Waals surface area contributed by atoms with E-state index < -0.39 is 0 Å². The number of allylic oxidation sites excluding steroid dienone is 1. The normalized spacial score (nSPS) is 11.0. The lowest BCUT2D eigenvalue weighted by atomic mass is 9.96. The van der Waals surface area contributed by atoms with Crippen molar-refractivity contribution in [2.75, 3.05) is 0 Å². The van der Waals surface area contributed by atoms with Crippen LogP contribution in [-0.4, -0.2) is 0 Å². The van der Waals surface area contributed by atoms with E-state index in [1.807, 2.05) is 84.9 Å². The van der Waals surface area contributed by atoms with Gasteiger partial charge in [-0.1, -0.05) is 140 Å². The minimum atomic E-state index is 0.468. The standard InChI is InChI=1S/C46H44O4/c1-34-35(2)46(50-33-40-23-14-7-15-24-40)43(36(3)45(34)49-32-39-21-12-6-13-22-39)26-16-25-41-27-28-42(47-30-37-17-8-4-9-18-37)29-44(41)48-31-38-19-10-5-11-20-38/h4-24,26-29H,25,30-33H2,1-3H3/b26-16+. The number of rotatable bonds is 15. The highest BCUT2D eigenvalue weighted by Crippen LogP contribution is 2.40. The van der Waals surface area contributed by atoms with Crippen LogP contribution in [0.15, 0.2) is 146 Å². The highest BCUT2D eigenvalue weighted by Gasteiger charge is 2.19. The Kier molecular flexibility index (Phi) is 11.7. The van der Waals surface area contributed by atoms with E-state index in [-0.39, 0.29) is 0 Å². The molecule has 0 radical (unpaired) electrons. The van der Waals surface area contributed by atoms with Gasteiger partial charge in [0.2, 0.25) is 0 Å². The summed E-state index contributed by atoms with van der Waals surface area (Å²) in [5.41, 5.74) is 9.77. The average Bonchev–Trinajstić information content (AvgIpc) is 3.17. The van der Waals surface area contributed by atoms with Crippen molar-refractivity contribution in [3.8, 4) is 23.0 Å². The lowest BCUT2D eigenvalue weighted by Crippen LogP contribution is -2.06. The molecule has 6 aromatic rings. The first-order chi connectivity index (χ1) is 24.5. The summed E-state index contributed by atoms with van der Waals surface area (Å²) in [6.45, 7) is 8.29. The molecule has 6 rings (SSSR count). The van der Waals surface area contributed by atoms with Gasteiger partial charge in [-0.2, -0.15) is 0 Å². The Labute approximate surface area is 296 Å². The summed E-state index contributed by atoms with van der Waals surface area (Å²) in [6, 6.07) is 47.1. The van der Waals surface area contributed by atoms with Crippen LogP contribution in [0.4, 0.5) is 0 Å². The van der Waals surface area contributed by atoms with E-state index in [9.17, 15) is 0 Å². The summed E-state index contributed by atoms with van der Waals surface area (Å²) in [4.78, 5) is 0. The zero-order chi connectivity index (χ0) is 34.5. The van der Waals surface area contributed by atoms with Gasteiger partial charge >= 0.3 is 0 Å². The van der Waals surface area contributed by atoms with Gasteiger partial charge in [0.25, 0.3) is 0 Å². The second kappa shape index (κ2) is 17.1. The van der Waals surface area contributed by atoms with Gasteiger partial charge in [0.1, 0.15) is 49.4 Å². The van der Waals surface area contributed by atoms with Crippen molar-refractivity contribution in [2.24, 2.45) is 0 Å². The molecule has 6 aromatic carbocycles. The molecule has 0 aliphatic rings. The molecule has 0 bridgehead atoms. The quantitative estimate of drug-likeness (QED) is 0.110. The van der Waals surface area contributed by atoms with Crippen LogP contribution in [0.2, 0.25) is 0 Å². The van der Waals surface area contributed by atoms with Gasteiger partial charge in [-0.25, -0.2) is 0 Å². The number of hydrogen-bond acceptors (Lipinski definition) is 4. The number of ether oxygens (including phenoxy) is 4. The zero-order valence-electron chi connectivity index (χ0n) is 29.1. The van der Waals surface area contributed by atoms with Gasteiger partial charge < -0.3 is 18.9 Å². The summed E-state index contributed by atoms with van der Waals surface area (Å²) in [7, 11) is 0. The summed E-state index contributed by atoms with van der Waals surface area (Å²) in [5.74, 6) is 3.34. The topological polar surface area (TPSA) is 36.9 Å². The highest BCUT2D eigenvalue weighted by molar-refractivity contribution is 5.70. The second-order valence-electron chi connectivity index (χ2n) is 12.4. The average molecular weight is 661 g/mol.